The molecule has 0 radical (unpaired) electrons. The van der Waals surface area contributed by atoms with Crippen LogP contribution in [0, 0.1) is 31.6 Å². The molecule has 5 heterocycles. The van der Waals surface area contributed by atoms with Crippen molar-refractivity contribution in [1.82, 2.24) is 15.0 Å². The van der Waals surface area contributed by atoms with Crippen LogP contribution >= 0.6 is 0 Å². The first-order valence-electron chi connectivity index (χ1n) is 17.5. The van der Waals surface area contributed by atoms with E-state index < -0.39 is 17.7 Å². The first-order valence-corrected chi connectivity index (χ1v) is 17.5. The SMILES string of the molecule is C=Cc1c2[n-]c(c1C)/C=C1\[N-]/C(=C3\c4[n-]c(c(C)c4C(=O)[C@@H]3C(=O)OC)/C=c3\[n-]/c(c(CO)c3CC)=C\2)[C@@H](CCC(=O)OC/C=C(\C)CC)[C@@H]1C.[Mg+2]. The Bertz CT molecular complexity index is 2170. The summed E-state index contributed by atoms with van der Waals surface area (Å²) in [4.78, 5) is 55.5. The summed E-state index contributed by atoms with van der Waals surface area (Å²) in [6.45, 7) is 15.9. The van der Waals surface area contributed by atoms with Crippen LogP contribution in [0.1, 0.15) is 108 Å². The van der Waals surface area contributed by atoms with Gasteiger partial charge in [0.25, 0.3) is 0 Å². The van der Waals surface area contributed by atoms with Crippen LogP contribution in [0.2, 0.25) is 0 Å². The molecule has 10 nitrogen and oxygen atoms in total. The number of hydrogen-bond donors (Lipinski definition) is 1. The van der Waals surface area contributed by atoms with Crippen molar-refractivity contribution in [2.45, 2.75) is 73.8 Å². The third-order valence-electron chi connectivity index (χ3n) is 10.6. The minimum Gasteiger partial charge on any atom is -0.664 e. The molecule has 1 aliphatic carbocycles. The van der Waals surface area contributed by atoms with E-state index in [1.54, 1.807) is 6.08 Å². The molecule has 0 spiro atoms. The number of hydrogen-bond acceptors (Lipinski definition) is 6. The molecule has 0 aromatic carbocycles. The van der Waals surface area contributed by atoms with E-state index in [4.69, 9.17) is 29.7 Å². The second-order valence-corrected chi connectivity index (χ2v) is 13.4. The summed E-state index contributed by atoms with van der Waals surface area (Å²) < 4.78 is 10.7. The molecule has 0 unspecified atom stereocenters. The third-order valence-corrected chi connectivity index (χ3v) is 10.6. The smallest absolute Gasteiger partial charge is 0.664 e. The van der Waals surface area contributed by atoms with Gasteiger partial charge in [0.2, 0.25) is 0 Å². The fourth-order valence-corrected chi connectivity index (χ4v) is 7.47. The van der Waals surface area contributed by atoms with Gasteiger partial charge in [-0.25, -0.2) is 0 Å². The van der Waals surface area contributed by atoms with Crippen LogP contribution in [0.15, 0.2) is 29.6 Å². The molecule has 6 rings (SSSR count). The number of aliphatic hydroxyl groups is 1. The van der Waals surface area contributed by atoms with Gasteiger partial charge in [-0.05, 0) is 69.1 Å². The number of fused-ring (bicyclic) bond motifs is 7. The number of ether oxygens (including phenoxy) is 2. The van der Waals surface area contributed by atoms with Gasteiger partial charge in [-0.15, -0.1) is 33.5 Å². The molecule has 3 aliphatic rings. The summed E-state index contributed by atoms with van der Waals surface area (Å²) in [5.74, 6) is -3.22. The van der Waals surface area contributed by atoms with Gasteiger partial charge in [-0.3, -0.25) is 14.4 Å². The number of nitrogens with zero attached hydrogens (tertiary/aromatic N) is 4. The van der Waals surface area contributed by atoms with E-state index in [2.05, 4.69) is 6.58 Å². The number of allylic oxidation sites excluding steroid dienone is 3. The predicted molar refractivity (Wildman–Crippen MR) is 201 cm³/mol. The quantitative estimate of drug-likeness (QED) is 0.139. The number of rotatable bonds is 10. The molecule has 0 amide bonds. The van der Waals surface area contributed by atoms with Crippen molar-refractivity contribution in [1.29, 1.82) is 0 Å². The number of ketones is 1. The Morgan fingerprint density at radius 3 is 2.35 bits per heavy atom. The Kier molecular flexibility index (Phi) is 11.8. The van der Waals surface area contributed by atoms with Crippen LogP contribution in [0.25, 0.3) is 35.2 Å². The minimum atomic E-state index is -1.25. The van der Waals surface area contributed by atoms with Crippen LogP contribution < -0.4 is 25.7 Å². The summed E-state index contributed by atoms with van der Waals surface area (Å²) >= 11 is 0. The number of aromatic nitrogens is 3. The second kappa shape index (κ2) is 15.7. The number of carbonyl (C=O) groups is 3. The summed E-state index contributed by atoms with van der Waals surface area (Å²) in [6, 6.07) is 0. The average molecular weight is 713 g/mol. The van der Waals surface area contributed by atoms with Gasteiger partial charge in [-0.2, -0.15) is 11.4 Å². The molecule has 268 valence electrons. The molecule has 8 bridgehead atoms. The number of aliphatic hydroxyl groups excluding tert-OH is 1. The van der Waals surface area contributed by atoms with Crippen LogP contribution in [-0.2, 0) is 32.1 Å². The third kappa shape index (κ3) is 6.70. The molecule has 11 heteroatoms. The number of carbonyl (C=O) groups excluding carboxylic acids is 3. The Balaban J connectivity index is 0.00000523. The van der Waals surface area contributed by atoms with Gasteiger partial charge in [0.05, 0.1) is 13.7 Å². The van der Waals surface area contributed by atoms with E-state index in [0.29, 0.717) is 80.0 Å². The van der Waals surface area contributed by atoms with Crippen molar-refractivity contribution in [2.75, 3.05) is 13.7 Å². The summed E-state index contributed by atoms with van der Waals surface area (Å²) in [5, 5.41) is 16.9. The summed E-state index contributed by atoms with van der Waals surface area (Å²) in [7, 11) is 1.26. The molecule has 1 N–H and O–H groups in total. The summed E-state index contributed by atoms with van der Waals surface area (Å²) in [6.07, 6.45) is 11.3. The zero-order chi connectivity index (χ0) is 36.7. The van der Waals surface area contributed by atoms with E-state index in [9.17, 15) is 19.5 Å². The first kappa shape index (κ1) is 38.9. The molecule has 1 saturated heterocycles. The Morgan fingerprint density at radius 2 is 1.69 bits per heavy atom. The summed E-state index contributed by atoms with van der Waals surface area (Å²) in [5.41, 5.74) is 9.35. The Labute approximate surface area is 320 Å². The fourth-order valence-electron chi connectivity index (χ4n) is 7.47. The molecule has 3 aromatic rings. The Morgan fingerprint density at radius 1 is 1.00 bits per heavy atom. The molecule has 2 aliphatic heterocycles. The van der Waals surface area contributed by atoms with Gasteiger partial charge < -0.3 is 34.8 Å². The van der Waals surface area contributed by atoms with Crippen molar-refractivity contribution < 1.29 is 29.0 Å². The van der Waals surface area contributed by atoms with Crippen LogP contribution in [0.5, 0.6) is 0 Å². The molecule has 1 fully saturated rings. The average Bonchev–Trinajstić information content (AvgIpc) is 3.87. The molecule has 0 saturated carbocycles. The van der Waals surface area contributed by atoms with E-state index in [-0.39, 0.29) is 60.5 Å². The molecule has 3 aromatic heterocycles. The minimum absolute atomic E-state index is 0. The zero-order valence-corrected chi connectivity index (χ0v) is 32.5. The van der Waals surface area contributed by atoms with E-state index in [1.807, 2.05) is 65.8 Å². The van der Waals surface area contributed by atoms with Gasteiger partial charge >= 0.3 is 35.0 Å². The molecular weight excluding hydrogens is 669 g/mol. The maximum atomic E-state index is 14.2. The van der Waals surface area contributed by atoms with Crippen LogP contribution in [0.4, 0.5) is 0 Å². The number of Topliss-reactive ketones (excluding diaryl/α,β-unsaturated/α-hetero) is 1. The van der Waals surface area contributed by atoms with Gasteiger partial charge in [0.15, 0.2) is 5.78 Å². The maximum Gasteiger partial charge on any atom is 2.00 e. The topological polar surface area (TPSA) is 146 Å². The van der Waals surface area contributed by atoms with Crippen molar-refractivity contribution in [3.8, 4) is 0 Å². The second-order valence-electron chi connectivity index (χ2n) is 13.4. The fraction of sp³-hybridized carbons (Fsp3) is 0.390. The first-order chi connectivity index (χ1) is 24.5. The predicted octanol–water partition coefficient (Wildman–Crippen LogP) is 4.52. The van der Waals surface area contributed by atoms with Crippen molar-refractivity contribution in [3.05, 3.63) is 102 Å². The monoisotopic (exact) mass is 712 g/mol. The zero-order valence-electron chi connectivity index (χ0n) is 31.1. The van der Waals surface area contributed by atoms with Crippen LogP contribution in [-0.4, -0.2) is 59.6 Å². The molecule has 52 heavy (non-hydrogen) atoms. The molecular formula is C41H44MgN4O6-2. The van der Waals surface area contributed by atoms with Gasteiger partial charge in [0.1, 0.15) is 12.5 Å². The van der Waals surface area contributed by atoms with Gasteiger partial charge in [-0.1, -0.05) is 79.5 Å². The maximum absolute atomic E-state index is 14.2. The normalized spacial score (nSPS) is 22.7. The number of esters is 2. The largest absolute Gasteiger partial charge is 2.00 e. The standard InChI is InChI=1S/C41H45N4O6.Mg/c1-9-20(4)14-15-51-34(47)13-12-26-22(6)29-16-28-21(5)24(10-2)31(42-28)18-33-27(19-46)25(11-3)32(43-33)17-30-23(7)35-39(45-30)36(38(26)44-29)37(40(35)48)41(49)50-8;/h10,14,16-18,22,26,37,46H,2,9,11-13,15,19H2,1,3-8H3,(H-,44,45,48);/q-3;+2/p-1/b20-14+,29-16-,32-17-,33-18-;/t22-,26-,37+;/m0./s1. The van der Waals surface area contributed by atoms with Crippen LogP contribution in [0.3, 0.4) is 0 Å². The number of methoxy groups -OCH3 is 1. The van der Waals surface area contributed by atoms with Crippen molar-refractivity contribution >= 4 is 70.7 Å². The van der Waals surface area contributed by atoms with Gasteiger partial charge in [0, 0.05) is 12.0 Å². The molecule has 3 atom stereocenters. The van der Waals surface area contributed by atoms with E-state index in [1.165, 1.54) is 7.11 Å². The Hall–Kier alpha value is -4.32. The van der Waals surface area contributed by atoms with Crippen molar-refractivity contribution in [3.63, 3.8) is 0 Å². The van der Waals surface area contributed by atoms with E-state index in [0.717, 1.165) is 28.7 Å². The van der Waals surface area contributed by atoms with E-state index >= 15 is 0 Å². The van der Waals surface area contributed by atoms with Crippen molar-refractivity contribution in [2.24, 2.45) is 17.8 Å².